The van der Waals surface area contributed by atoms with Crippen LogP contribution in [0.4, 0.5) is 0 Å². The van der Waals surface area contributed by atoms with Crippen molar-refractivity contribution in [3.05, 3.63) is 59.7 Å². The number of piperazine rings is 1. The minimum atomic E-state index is -0.342. The average molecular weight is 407 g/mol. The van der Waals surface area contributed by atoms with E-state index < -0.39 is 0 Å². The van der Waals surface area contributed by atoms with Crippen molar-refractivity contribution in [2.45, 2.75) is 18.9 Å². The molecule has 2 aromatic rings. The van der Waals surface area contributed by atoms with Gasteiger partial charge in [-0.05, 0) is 23.3 Å². The van der Waals surface area contributed by atoms with Crippen LogP contribution in [0.5, 0.6) is 11.5 Å². The maximum Gasteiger partial charge on any atom is 0.238 e. The van der Waals surface area contributed by atoms with Gasteiger partial charge in [-0.1, -0.05) is 36.4 Å². The molecule has 0 spiro atoms. The quantitative estimate of drug-likeness (QED) is 0.707. The largest absolute Gasteiger partial charge is 0.454 e. The second-order valence-electron chi connectivity index (χ2n) is 8.05. The molecule has 0 saturated carbocycles. The third kappa shape index (κ3) is 3.78. The predicted octanol–water partition coefficient (Wildman–Crippen LogP) is 2.03. The molecule has 2 fully saturated rings. The molecule has 30 heavy (non-hydrogen) atoms. The van der Waals surface area contributed by atoms with Gasteiger partial charge in [-0.15, -0.1) is 0 Å². The van der Waals surface area contributed by atoms with Crippen molar-refractivity contribution in [3.63, 3.8) is 0 Å². The maximum absolute atomic E-state index is 12.8. The monoisotopic (exact) mass is 407 g/mol. The standard InChI is InChI=1S/C23H25N3O4/c27-22-13-19(18-4-2-1-3-5-18)23(28)26(22)15-25-10-8-24(9-11-25)14-17-6-7-20-21(12-17)30-16-29-20/h1-7,12,19H,8-11,13-16H2/t19-/m0/s1. The molecular weight excluding hydrogens is 382 g/mol. The molecule has 0 aliphatic carbocycles. The Hall–Kier alpha value is -2.90. The lowest BCUT2D eigenvalue weighted by Gasteiger charge is -2.36. The van der Waals surface area contributed by atoms with Crippen molar-refractivity contribution in [1.29, 1.82) is 0 Å². The van der Waals surface area contributed by atoms with E-state index in [1.54, 1.807) is 0 Å². The summed E-state index contributed by atoms with van der Waals surface area (Å²) in [6.45, 7) is 4.98. The van der Waals surface area contributed by atoms with E-state index in [9.17, 15) is 9.59 Å². The van der Waals surface area contributed by atoms with E-state index in [-0.39, 0.29) is 30.9 Å². The number of imide groups is 1. The van der Waals surface area contributed by atoms with Gasteiger partial charge < -0.3 is 9.47 Å². The average Bonchev–Trinajstić information content (AvgIpc) is 3.35. The number of likely N-dealkylation sites (tertiary alicyclic amines) is 1. The van der Waals surface area contributed by atoms with Crippen molar-refractivity contribution in [1.82, 2.24) is 14.7 Å². The Bertz CT molecular complexity index is 941. The minimum absolute atomic E-state index is 0.0726. The Morgan fingerprint density at radius 1 is 0.867 bits per heavy atom. The van der Waals surface area contributed by atoms with Crippen molar-refractivity contribution in [3.8, 4) is 11.5 Å². The highest BCUT2D eigenvalue weighted by Gasteiger charge is 2.40. The van der Waals surface area contributed by atoms with Crippen LogP contribution in [0.15, 0.2) is 48.5 Å². The number of carbonyl (C=O) groups is 2. The molecule has 5 rings (SSSR count). The molecule has 3 aliphatic heterocycles. The van der Waals surface area contributed by atoms with Crippen LogP contribution in [-0.2, 0) is 16.1 Å². The number of benzene rings is 2. The van der Waals surface area contributed by atoms with Gasteiger partial charge in [-0.2, -0.15) is 0 Å². The summed E-state index contributed by atoms with van der Waals surface area (Å²) in [5, 5.41) is 0. The highest BCUT2D eigenvalue weighted by Crippen LogP contribution is 2.33. The summed E-state index contributed by atoms with van der Waals surface area (Å²) in [5.41, 5.74) is 2.12. The normalized spacial score (nSPS) is 22.1. The lowest BCUT2D eigenvalue weighted by molar-refractivity contribution is -0.141. The van der Waals surface area contributed by atoms with Crippen LogP contribution in [0.3, 0.4) is 0 Å². The summed E-state index contributed by atoms with van der Waals surface area (Å²) < 4.78 is 10.8. The Morgan fingerprint density at radius 2 is 1.60 bits per heavy atom. The lowest BCUT2D eigenvalue weighted by Crippen LogP contribution is -2.50. The SMILES string of the molecule is O=C1C[C@@H](c2ccccc2)C(=O)N1CN1CCN(Cc2ccc3c(c2)OCO3)CC1. The number of fused-ring (bicyclic) bond motifs is 1. The fraction of sp³-hybridized carbons (Fsp3) is 0.391. The molecule has 7 nitrogen and oxygen atoms in total. The van der Waals surface area contributed by atoms with Crippen molar-refractivity contribution in [2.75, 3.05) is 39.6 Å². The Labute approximate surface area is 175 Å². The first-order chi connectivity index (χ1) is 14.7. The van der Waals surface area contributed by atoms with E-state index in [0.717, 1.165) is 49.8 Å². The number of hydrogen-bond acceptors (Lipinski definition) is 6. The number of ether oxygens (including phenoxy) is 2. The van der Waals surface area contributed by atoms with Crippen molar-refractivity contribution < 1.29 is 19.1 Å². The van der Waals surface area contributed by atoms with Crippen LogP contribution in [0.25, 0.3) is 0 Å². The minimum Gasteiger partial charge on any atom is -0.454 e. The lowest BCUT2D eigenvalue weighted by atomic mass is 9.98. The molecule has 7 heteroatoms. The van der Waals surface area contributed by atoms with E-state index in [2.05, 4.69) is 15.9 Å². The zero-order chi connectivity index (χ0) is 20.5. The molecule has 1 atom stereocenters. The van der Waals surface area contributed by atoms with Crippen molar-refractivity contribution >= 4 is 11.8 Å². The summed E-state index contributed by atoms with van der Waals surface area (Å²) in [7, 11) is 0. The van der Waals surface area contributed by atoms with Gasteiger partial charge in [-0.3, -0.25) is 24.3 Å². The van der Waals surface area contributed by atoms with Gasteiger partial charge in [0.15, 0.2) is 11.5 Å². The van der Waals surface area contributed by atoms with Crippen LogP contribution < -0.4 is 9.47 Å². The summed E-state index contributed by atoms with van der Waals surface area (Å²) in [6.07, 6.45) is 0.271. The number of amides is 2. The number of rotatable bonds is 5. The van der Waals surface area contributed by atoms with Crippen LogP contribution in [0.1, 0.15) is 23.5 Å². The van der Waals surface area contributed by atoms with E-state index in [1.807, 2.05) is 42.5 Å². The highest BCUT2D eigenvalue weighted by atomic mass is 16.7. The maximum atomic E-state index is 12.8. The van der Waals surface area contributed by atoms with E-state index in [1.165, 1.54) is 10.5 Å². The number of nitrogens with zero attached hydrogens (tertiary/aromatic N) is 3. The smallest absolute Gasteiger partial charge is 0.238 e. The van der Waals surface area contributed by atoms with E-state index in [4.69, 9.17) is 9.47 Å². The van der Waals surface area contributed by atoms with Crippen molar-refractivity contribution in [2.24, 2.45) is 0 Å². The fourth-order valence-electron chi connectivity index (χ4n) is 4.36. The predicted molar refractivity (Wildman–Crippen MR) is 110 cm³/mol. The van der Waals surface area contributed by atoms with E-state index >= 15 is 0 Å². The molecule has 3 heterocycles. The van der Waals surface area contributed by atoms with Gasteiger partial charge >= 0.3 is 0 Å². The summed E-state index contributed by atoms with van der Waals surface area (Å²) in [4.78, 5) is 31.3. The molecule has 3 aliphatic rings. The Balaban J connectivity index is 1.15. The van der Waals surface area contributed by atoms with Crippen LogP contribution in [0, 0.1) is 0 Å². The topological polar surface area (TPSA) is 62.3 Å². The summed E-state index contributed by atoms with van der Waals surface area (Å²) in [5.74, 6) is 1.12. The first kappa shape index (κ1) is 19.1. The molecule has 0 unspecified atom stereocenters. The Morgan fingerprint density at radius 3 is 2.40 bits per heavy atom. The second-order valence-corrected chi connectivity index (χ2v) is 8.05. The van der Waals surface area contributed by atoms with Gasteiger partial charge in [0.25, 0.3) is 0 Å². The molecular formula is C23H25N3O4. The third-order valence-electron chi connectivity index (χ3n) is 6.10. The molecule has 156 valence electrons. The zero-order valence-corrected chi connectivity index (χ0v) is 16.8. The summed E-state index contributed by atoms with van der Waals surface area (Å²) >= 11 is 0. The van der Waals surface area contributed by atoms with Gasteiger partial charge in [0, 0.05) is 39.1 Å². The molecule has 0 aromatic heterocycles. The molecule has 2 saturated heterocycles. The molecule has 0 radical (unpaired) electrons. The van der Waals surface area contributed by atoms with Crippen LogP contribution in [-0.4, -0.2) is 66.2 Å². The summed E-state index contributed by atoms with van der Waals surface area (Å²) in [6, 6.07) is 15.7. The molecule has 0 bridgehead atoms. The third-order valence-corrected chi connectivity index (χ3v) is 6.10. The molecule has 2 aromatic carbocycles. The Kier molecular flexibility index (Phi) is 5.14. The first-order valence-corrected chi connectivity index (χ1v) is 10.4. The number of hydrogen-bond donors (Lipinski definition) is 0. The van der Waals surface area contributed by atoms with Gasteiger partial charge in [0.2, 0.25) is 18.6 Å². The first-order valence-electron chi connectivity index (χ1n) is 10.4. The van der Waals surface area contributed by atoms with Crippen LogP contribution in [0.2, 0.25) is 0 Å². The van der Waals surface area contributed by atoms with Gasteiger partial charge in [-0.25, -0.2) is 0 Å². The number of carbonyl (C=O) groups excluding carboxylic acids is 2. The van der Waals surface area contributed by atoms with Crippen LogP contribution >= 0.6 is 0 Å². The van der Waals surface area contributed by atoms with Gasteiger partial charge in [0.1, 0.15) is 0 Å². The highest BCUT2D eigenvalue weighted by molar-refractivity contribution is 6.06. The molecule has 2 amide bonds. The van der Waals surface area contributed by atoms with E-state index in [0.29, 0.717) is 6.67 Å². The second kappa shape index (κ2) is 8.08. The fourth-order valence-corrected chi connectivity index (χ4v) is 4.36. The zero-order valence-electron chi connectivity index (χ0n) is 16.8. The molecule has 0 N–H and O–H groups in total. The van der Waals surface area contributed by atoms with Gasteiger partial charge in [0.05, 0.1) is 12.6 Å².